The third-order valence-corrected chi connectivity index (χ3v) is 2.32. The minimum Gasteiger partial charge on any atom is -0.467 e. The van der Waals surface area contributed by atoms with Gasteiger partial charge in [0.15, 0.2) is 12.6 Å². The summed E-state index contributed by atoms with van der Waals surface area (Å²) in [6.45, 7) is 4.15. The summed E-state index contributed by atoms with van der Waals surface area (Å²) in [5.74, 6) is 0.530. The third kappa shape index (κ3) is 3.64. The number of benzene rings is 1. The Hall–Kier alpha value is -0.870. The molecule has 82 valence electrons. The SMILES string of the molecule is CCOCOc1ccc(Br)cc1C(C)=O. The van der Waals surface area contributed by atoms with Gasteiger partial charge in [-0.25, -0.2) is 0 Å². The number of hydrogen-bond acceptors (Lipinski definition) is 3. The van der Waals surface area contributed by atoms with Crippen molar-refractivity contribution in [3.63, 3.8) is 0 Å². The number of rotatable bonds is 5. The summed E-state index contributed by atoms with van der Waals surface area (Å²) in [5.41, 5.74) is 0.559. The Balaban J connectivity index is 2.81. The first kappa shape index (κ1) is 12.2. The summed E-state index contributed by atoms with van der Waals surface area (Å²) in [7, 11) is 0. The molecule has 3 nitrogen and oxygen atoms in total. The lowest BCUT2D eigenvalue weighted by Gasteiger charge is -2.09. The van der Waals surface area contributed by atoms with Gasteiger partial charge in [-0.3, -0.25) is 4.79 Å². The smallest absolute Gasteiger partial charge is 0.189 e. The molecule has 0 aromatic heterocycles. The maximum atomic E-state index is 11.3. The van der Waals surface area contributed by atoms with Gasteiger partial charge in [0.2, 0.25) is 0 Å². The van der Waals surface area contributed by atoms with Crippen LogP contribution in [0.4, 0.5) is 0 Å². The highest BCUT2D eigenvalue weighted by atomic mass is 79.9. The fraction of sp³-hybridized carbons (Fsp3) is 0.364. The summed E-state index contributed by atoms with van der Waals surface area (Å²) < 4.78 is 11.2. The van der Waals surface area contributed by atoms with Crippen LogP contribution in [0.15, 0.2) is 22.7 Å². The van der Waals surface area contributed by atoms with E-state index in [4.69, 9.17) is 9.47 Å². The zero-order valence-electron chi connectivity index (χ0n) is 8.75. The number of ether oxygens (including phenoxy) is 2. The van der Waals surface area contributed by atoms with E-state index in [-0.39, 0.29) is 12.6 Å². The first-order valence-corrected chi connectivity index (χ1v) is 5.45. The molecule has 1 aromatic carbocycles. The molecule has 0 atom stereocenters. The molecule has 0 fully saturated rings. The van der Waals surface area contributed by atoms with Gasteiger partial charge in [0.1, 0.15) is 5.75 Å². The van der Waals surface area contributed by atoms with Crippen molar-refractivity contribution in [1.29, 1.82) is 0 Å². The average Bonchev–Trinajstić information content (AvgIpc) is 2.20. The van der Waals surface area contributed by atoms with E-state index in [1.165, 1.54) is 6.92 Å². The highest BCUT2D eigenvalue weighted by molar-refractivity contribution is 9.10. The zero-order valence-corrected chi connectivity index (χ0v) is 10.3. The van der Waals surface area contributed by atoms with Crippen molar-refractivity contribution in [1.82, 2.24) is 0 Å². The molecule has 0 spiro atoms. The molecule has 0 saturated carbocycles. The van der Waals surface area contributed by atoms with Gasteiger partial charge >= 0.3 is 0 Å². The topological polar surface area (TPSA) is 35.5 Å². The summed E-state index contributed by atoms with van der Waals surface area (Å²) in [6, 6.07) is 5.32. The number of Topliss-reactive ketones (excluding diaryl/α,β-unsaturated/α-hetero) is 1. The van der Waals surface area contributed by atoms with Crippen molar-refractivity contribution in [2.24, 2.45) is 0 Å². The van der Waals surface area contributed by atoms with E-state index in [0.29, 0.717) is 17.9 Å². The third-order valence-electron chi connectivity index (χ3n) is 1.82. The van der Waals surface area contributed by atoms with E-state index in [1.807, 2.05) is 13.0 Å². The fourth-order valence-corrected chi connectivity index (χ4v) is 1.45. The molecule has 0 bridgehead atoms. The molecule has 4 heteroatoms. The van der Waals surface area contributed by atoms with Crippen LogP contribution in [0.25, 0.3) is 0 Å². The van der Waals surface area contributed by atoms with Gasteiger partial charge in [-0.1, -0.05) is 15.9 Å². The van der Waals surface area contributed by atoms with Crippen LogP contribution < -0.4 is 4.74 Å². The molecule has 0 saturated heterocycles. The summed E-state index contributed by atoms with van der Waals surface area (Å²) >= 11 is 3.31. The molecule has 15 heavy (non-hydrogen) atoms. The molecule has 0 heterocycles. The van der Waals surface area contributed by atoms with Crippen LogP contribution in [0.1, 0.15) is 24.2 Å². The monoisotopic (exact) mass is 272 g/mol. The van der Waals surface area contributed by atoms with Crippen LogP contribution in [0.5, 0.6) is 5.75 Å². The van der Waals surface area contributed by atoms with Crippen molar-refractivity contribution >= 4 is 21.7 Å². The van der Waals surface area contributed by atoms with Crippen molar-refractivity contribution in [3.05, 3.63) is 28.2 Å². The Morgan fingerprint density at radius 3 is 2.80 bits per heavy atom. The highest BCUT2D eigenvalue weighted by Gasteiger charge is 2.08. The minimum atomic E-state index is -0.0252. The first-order valence-electron chi connectivity index (χ1n) is 4.66. The van der Waals surface area contributed by atoms with E-state index in [1.54, 1.807) is 12.1 Å². The summed E-state index contributed by atoms with van der Waals surface area (Å²) in [5, 5.41) is 0. The highest BCUT2D eigenvalue weighted by Crippen LogP contribution is 2.23. The Bertz CT molecular complexity index is 350. The molecular formula is C11H13BrO3. The molecular weight excluding hydrogens is 260 g/mol. The van der Waals surface area contributed by atoms with Gasteiger partial charge in [0.25, 0.3) is 0 Å². The quantitative estimate of drug-likeness (QED) is 0.470. The summed E-state index contributed by atoms with van der Waals surface area (Å²) in [4.78, 5) is 11.3. The van der Waals surface area contributed by atoms with Gasteiger partial charge in [0.05, 0.1) is 5.56 Å². The van der Waals surface area contributed by atoms with Crippen molar-refractivity contribution < 1.29 is 14.3 Å². The molecule has 0 N–H and O–H groups in total. The number of carbonyl (C=O) groups is 1. The average molecular weight is 273 g/mol. The molecule has 1 aromatic rings. The molecule has 1 rings (SSSR count). The van der Waals surface area contributed by atoms with E-state index in [9.17, 15) is 4.79 Å². The maximum Gasteiger partial charge on any atom is 0.189 e. The van der Waals surface area contributed by atoms with E-state index < -0.39 is 0 Å². The molecule has 0 amide bonds. The Morgan fingerprint density at radius 1 is 1.47 bits per heavy atom. The van der Waals surface area contributed by atoms with E-state index >= 15 is 0 Å². The first-order chi connectivity index (χ1) is 7.15. The van der Waals surface area contributed by atoms with Crippen molar-refractivity contribution in [2.45, 2.75) is 13.8 Å². The van der Waals surface area contributed by atoms with Gasteiger partial charge in [0, 0.05) is 11.1 Å². The second-order valence-corrected chi connectivity index (χ2v) is 3.87. The molecule has 0 aliphatic rings. The molecule has 0 aliphatic carbocycles. The Kier molecular flexibility index (Phi) is 4.78. The predicted octanol–water partition coefficient (Wildman–Crippen LogP) is 3.02. The maximum absolute atomic E-state index is 11.3. The molecule has 0 aliphatic heterocycles. The number of ketones is 1. The van der Waals surface area contributed by atoms with Gasteiger partial charge in [-0.05, 0) is 32.0 Å². The van der Waals surface area contributed by atoms with Crippen LogP contribution in [-0.2, 0) is 4.74 Å². The van der Waals surface area contributed by atoms with Crippen molar-refractivity contribution in [3.8, 4) is 5.75 Å². The lowest BCUT2D eigenvalue weighted by Crippen LogP contribution is -2.05. The Labute approximate surface area is 97.5 Å². The van der Waals surface area contributed by atoms with Crippen LogP contribution in [-0.4, -0.2) is 19.2 Å². The van der Waals surface area contributed by atoms with Crippen LogP contribution in [0.3, 0.4) is 0 Å². The van der Waals surface area contributed by atoms with Gasteiger partial charge in [-0.15, -0.1) is 0 Å². The molecule has 0 unspecified atom stereocenters. The van der Waals surface area contributed by atoms with E-state index in [2.05, 4.69) is 15.9 Å². The number of carbonyl (C=O) groups excluding carboxylic acids is 1. The van der Waals surface area contributed by atoms with Crippen LogP contribution in [0.2, 0.25) is 0 Å². The fourth-order valence-electron chi connectivity index (χ4n) is 1.09. The number of halogens is 1. The second-order valence-electron chi connectivity index (χ2n) is 2.95. The standard InChI is InChI=1S/C11H13BrO3/c1-3-14-7-15-11-5-4-9(12)6-10(11)8(2)13/h4-6H,3,7H2,1-2H3. The zero-order chi connectivity index (χ0) is 11.3. The van der Waals surface area contributed by atoms with Crippen LogP contribution >= 0.6 is 15.9 Å². The summed E-state index contributed by atoms with van der Waals surface area (Å²) in [6.07, 6.45) is 0. The predicted molar refractivity (Wildman–Crippen MR) is 61.3 cm³/mol. The Morgan fingerprint density at radius 2 is 2.20 bits per heavy atom. The largest absolute Gasteiger partial charge is 0.467 e. The normalized spacial score (nSPS) is 10.1. The van der Waals surface area contributed by atoms with Gasteiger partial charge < -0.3 is 9.47 Å². The van der Waals surface area contributed by atoms with Gasteiger partial charge in [-0.2, -0.15) is 0 Å². The lowest BCUT2D eigenvalue weighted by molar-refractivity contribution is 0.0219. The van der Waals surface area contributed by atoms with E-state index in [0.717, 1.165) is 4.47 Å². The second kappa shape index (κ2) is 5.88. The van der Waals surface area contributed by atoms with Crippen LogP contribution in [0, 0.1) is 0 Å². The lowest BCUT2D eigenvalue weighted by atomic mass is 10.1. The number of hydrogen-bond donors (Lipinski definition) is 0. The molecule has 0 radical (unpaired) electrons. The minimum absolute atomic E-state index is 0.0252. The van der Waals surface area contributed by atoms with Crippen molar-refractivity contribution in [2.75, 3.05) is 13.4 Å².